The van der Waals surface area contributed by atoms with E-state index in [1.165, 1.54) is 5.56 Å². The highest BCUT2D eigenvalue weighted by atomic mass is 16.4. The Kier molecular flexibility index (Phi) is 3.55. The predicted molar refractivity (Wildman–Crippen MR) is 66.4 cm³/mol. The summed E-state index contributed by atoms with van der Waals surface area (Å²) < 4.78 is 1.98. The van der Waals surface area contributed by atoms with Gasteiger partial charge in [-0.3, -0.25) is 0 Å². The Balaban J connectivity index is 2.26. The molecular formula is C13H15N3O. The second-order valence-electron chi connectivity index (χ2n) is 3.76. The normalized spacial score (nSPS) is 11.7. The smallest absolute Gasteiger partial charge is 0.158 e. The maximum absolute atomic E-state index is 8.92. The fourth-order valence-electron chi connectivity index (χ4n) is 1.75. The summed E-state index contributed by atoms with van der Waals surface area (Å²) in [6.07, 6.45) is 4.27. The molecule has 0 bridgehead atoms. The van der Waals surface area contributed by atoms with E-state index in [9.17, 15) is 0 Å². The molecule has 2 rings (SSSR count). The Bertz CT molecular complexity index is 502. The van der Waals surface area contributed by atoms with E-state index in [4.69, 9.17) is 5.21 Å². The summed E-state index contributed by atoms with van der Waals surface area (Å²) in [5, 5.41) is 12.2. The van der Waals surface area contributed by atoms with Crippen molar-refractivity contribution in [2.24, 2.45) is 5.16 Å². The third-order valence-corrected chi connectivity index (χ3v) is 2.62. The van der Waals surface area contributed by atoms with Crippen LogP contribution in [0.2, 0.25) is 0 Å². The molecule has 0 aliphatic rings. The van der Waals surface area contributed by atoms with Crippen molar-refractivity contribution in [3.05, 3.63) is 54.1 Å². The van der Waals surface area contributed by atoms with Crippen LogP contribution in [0, 0.1) is 0 Å². The molecule has 0 saturated heterocycles. The van der Waals surface area contributed by atoms with Gasteiger partial charge in [-0.2, -0.15) is 0 Å². The predicted octanol–water partition coefficient (Wildman–Crippen LogP) is 2.52. The zero-order chi connectivity index (χ0) is 12.1. The quantitative estimate of drug-likeness (QED) is 0.497. The Morgan fingerprint density at radius 2 is 2.12 bits per heavy atom. The number of oxime groups is 1. The monoisotopic (exact) mass is 229 g/mol. The van der Waals surface area contributed by atoms with E-state index in [-0.39, 0.29) is 0 Å². The Hall–Kier alpha value is -2.10. The van der Waals surface area contributed by atoms with Crippen LogP contribution >= 0.6 is 0 Å². The molecule has 0 amide bonds. The molecule has 0 saturated carbocycles. The molecule has 17 heavy (non-hydrogen) atoms. The van der Waals surface area contributed by atoms with Gasteiger partial charge in [-0.05, 0) is 12.0 Å². The van der Waals surface area contributed by atoms with Crippen LogP contribution in [0.3, 0.4) is 0 Å². The summed E-state index contributed by atoms with van der Waals surface area (Å²) in [7, 11) is 0. The average molecular weight is 229 g/mol. The first kappa shape index (κ1) is 11.4. The van der Waals surface area contributed by atoms with Crippen LogP contribution in [0.25, 0.3) is 0 Å². The molecule has 2 aromatic rings. The molecule has 1 aromatic heterocycles. The number of nitrogens with zero attached hydrogens (tertiary/aromatic N) is 3. The first-order chi connectivity index (χ1) is 8.35. The van der Waals surface area contributed by atoms with Crippen molar-refractivity contribution < 1.29 is 5.21 Å². The molecule has 1 N–H and O–H groups in total. The van der Waals surface area contributed by atoms with Crippen LogP contribution in [0.4, 0.5) is 0 Å². The highest BCUT2D eigenvalue weighted by Crippen LogP contribution is 2.07. The fourth-order valence-corrected chi connectivity index (χ4v) is 1.75. The third-order valence-electron chi connectivity index (χ3n) is 2.62. The molecular weight excluding hydrogens is 214 g/mol. The lowest BCUT2D eigenvalue weighted by Gasteiger charge is -2.07. The molecule has 4 heteroatoms. The van der Waals surface area contributed by atoms with Crippen LogP contribution < -0.4 is 0 Å². The Labute approximate surface area is 100 Å². The van der Waals surface area contributed by atoms with Gasteiger partial charge in [0.1, 0.15) is 5.71 Å². The average Bonchev–Trinajstić information content (AvgIpc) is 2.81. The van der Waals surface area contributed by atoms with Gasteiger partial charge < -0.3 is 9.77 Å². The summed E-state index contributed by atoms with van der Waals surface area (Å²) in [6, 6.07) is 10.1. The molecule has 0 aliphatic heterocycles. The van der Waals surface area contributed by atoms with Gasteiger partial charge in [0.15, 0.2) is 5.82 Å². The van der Waals surface area contributed by atoms with E-state index in [2.05, 4.69) is 22.3 Å². The molecule has 0 unspecified atom stereocenters. The summed E-state index contributed by atoms with van der Waals surface area (Å²) in [5.41, 5.74) is 1.80. The zero-order valence-electron chi connectivity index (χ0n) is 9.74. The molecule has 0 radical (unpaired) electrons. The van der Waals surface area contributed by atoms with E-state index in [1.54, 1.807) is 6.20 Å². The van der Waals surface area contributed by atoms with Crippen LogP contribution in [-0.2, 0) is 6.54 Å². The van der Waals surface area contributed by atoms with E-state index in [0.717, 1.165) is 12.4 Å². The number of rotatable bonds is 4. The van der Waals surface area contributed by atoms with E-state index in [0.29, 0.717) is 12.1 Å². The van der Waals surface area contributed by atoms with Crippen molar-refractivity contribution in [3.63, 3.8) is 0 Å². The van der Waals surface area contributed by atoms with Gasteiger partial charge in [-0.15, -0.1) is 0 Å². The maximum atomic E-state index is 8.92. The van der Waals surface area contributed by atoms with Crippen LogP contribution in [-0.4, -0.2) is 20.5 Å². The number of hydrogen-bond acceptors (Lipinski definition) is 3. The van der Waals surface area contributed by atoms with E-state index in [1.807, 2.05) is 35.9 Å². The van der Waals surface area contributed by atoms with Crippen molar-refractivity contribution in [1.29, 1.82) is 0 Å². The molecule has 0 atom stereocenters. The summed E-state index contributed by atoms with van der Waals surface area (Å²) in [4.78, 5) is 4.23. The minimum absolute atomic E-state index is 0.603. The van der Waals surface area contributed by atoms with Crippen LogP contribution in [0.1, 0.15) is 24.7 Å². The van der Waals surface area contributed by atoms with E-state index >= 15 is 0 Å². The van der Waals surface area contributed by atoms with Crippen molar-refractivity contribution in [2.45, 2.75) is 19.9 Å². The fraction of sp³-hybridized carbons (Fsp3) is 0.231. The van der Waals surface area contributed by atoms with Gasteiger partial charge >= 0.3 is 0 Å². The van der Waals surface area contributed by atoms with Crippen molar-refractivity contribution in [3.8, 4) is 0 Å². The van der Waals surface area contributed by atoms with Gasteiger partial charge in [0.05, 0.1) is 0 Å². The minimum Gasteiger partial charge on any atom is -0.411 e. The molecule has 1 aromatic carbocycles. The standard InChI is InChI=1S/C13H15N3O/c1-2-12(15-17)13-14-8-9-16(13)10-11-6-4-3-5-7-11/h3-9,17H,2,10H2,1H3/b15-12-. The highest BCUT2D eigenvalue weighted by Gasteiger charge is 2.09. The first-order valence-corrected chi connectivity index (χ1v) is 5.61. The number of benzene rings is 1. The van der Waals surface area contributed by atoms with Gasteiger partial charge in [-0.25, -0.2) is 4.98 Å². The number of hydrogen-bond donors (Lipinski definition) is 1. The van der Waals surface area contributed by atoms with Gasteiger partial charge in [0, 0.05) is 18.9 Å². The molecule has 0 aliphatic carbocycles. The molecule has 0 fully saturated rings. The molecule has 4 nitrogen and oxygen atoms in total. The van der Waals surface area contributed by atoms with Crippen LogP contribution in [0.15, 0.2) is 47.9 Å². The summed E-state index contributed by atoms with van der Waals surface area (Å²) >= 11 is 0. The van der Waals surface area contributed by atoms with Crippen LogP contribution in [0.5, 0.6) is 0 Å². The summed E-state index contributed by atoms with van der Waals surface area (Å²) in [5.74, 6) is 0.721. The number of imidazole rings is 1. The van der Waals surface area contributed by atoms with Crippen molar-refractivity contribution >= 4 is 5.71 Å². The molecule has 1 heterocycles. The third kappa shape index (κ3) is 2.53. The second kappa shape index (κ2) is 5.30. The molecule has 0 spiro atoms. The Morgan fingerprint density at radius 1 is 1.35 bits per heavy atom. The number of aromatic nitrogens is 2. The lowest BCUT2D eigenvalue weighted by atomic mass is 10.2. The molecule has 88 valence electrons. The topological polar surface area (TPSA) is 50.4 Å². The minimum atomic E-state index is 0.603. The lowest BCUT2D eigenvalue weighted by Crippen LogP contribution is -2.11. The lowest BCUT2D eigenvalue weighted by molar-refractivity contribution is 0.317. The van der Waals surface area contributed by atoms with E-state index < -0.39 is 0 Å². The first-order valence-electron chi connectivity index (χ1n) is 5.61. The summed E-state index contributed by atoms with van der Waals surface area (Å²) in [6.45, 7) is 2.67. The second-order valence-corrected chi connectivity index (χ2v) is 3.76. The highest BCUT2D eigenvalue weighted by molar-refractivity contribution is 5.96. The van der Waals surface area contributed by atoms with Crippen molar-refractivity contribution in [1.82, 2.24) is 9.55 Å². The SMILES string of the molecule is CC/C(=N/O)c1nccn1Cc1ccccc1. The zero-order valence-corrected chi connectivity index (χ0v) is 9.74. The largest absolute Gasteiger partial charge is 0.411 e. The maximum Gasteiger partial charge on any atom is 0.158 e. The van der Waals surface area contributed by atoms with Gasteiger partial charge in [-0.1, -0.05) is 42.4 Å². The van der Waals surface area contributed by atoms with Gasteiger partial charge in [0.25, 0.3) is 0 Å². The Morgan fingerprint density at radius 3 is 2.76 bits per heavy atom. The van der Waals surface area contributed by atoms with Gasteiger partial charge in [0.2, 0.25) is 0 Å². The van der Waals surface area contributed by atoms with Crippen molar-refractivity contribution in [2.75, 3.05) is 0 Å².